The van der Waals surface area contributed by atoms with Crippen molar-refractivity contribution in [3.8, 4) is 0 Å². The van der Waals surface area contributed by atoms with Crippen molar-refractivity contribution in [3.05, 3.63) is 0 Å². The van der Waals surface area contributed by atoms with Crippen LogP contribution in [-0.2, 0) is 4.79 Å². The van der Waals surface area contributed by atoms with Crippen LogP contribution in [0.2, 0.25) is 0 Å². The van der Waals surface area contributed by atoms with E-state index in [0.29, 0.717) is 0 Å². The molecule has 0 spiro atoms. The summed E-state index contributed by atoms with van der Waals surface area (Å²) < 4.78 is 0. The minimum atomic E-state index is -0.166. The lowest BCUT2D eigenvalue weighted by atomic mass is 10.1. The number of aliphatic hydroxyl groups excluding tert-OH is 1. The molecular formula is C12H24N2O2. The van der Waals surface area contributed by atoms with Crippen molar-refractivity contribution in [1.82, 2.24) is 10.6 Å². The average Bonchev–Trinajstić information content (AvgIpc) is 3.07. The lowest BCUT2D eigenvalue weighted by Crippen LogP contribution is -2.44. The molecule has 1 unspecified atom stereocenters. The predicted molar refractivity (Wildman–Crippen MR) is 64.1 cm³/mol. The minimum Gasteiger partial charge on any atom is -0.396 e. The SMILES string of the molecule is CCCCNC(=O)C(C)NCC1(CO)CC1. The van der Waals surface area contributed by atoms with Gasteiger partial charge in [-0.1, -0.05) is 13.3 Å². The fourth-order valence-corrected chi connectivity index (χ4v) is 1.57. The quantitative estimate of drug-likeness (QED) is 0.535. The number of hydrogen-bond donors (Lipinski definition) is 3. The van der Waals surface area contributed by atoms with E-state index in [0.717, 1.165) is 38.8 Å². The number of nitrogens with one attached hydrogen (secondary N) is 2. The van der Waals surface area contributed by atoms with Crippen LogP contribution in [0.25, 0.3) is 0 Å². The van der Waals surface area contributed by atoms with Gasteiger partial charge in [0.15, 0.2) is 0 Å². The molecule has 4 nitrogen and oxygen atoms in total. The van der Waals surface area contributed by atoms with Gasteiger partial charge in [0.1, 0.15) is 0 Å². The van der Waals surface area contributed by atoms with Gasteiger partial charge in [-0.25, -0.2) is 0 Å². The van der Waals surface area contributed by atoms with E-state index in [9.17, 15) is 4.79 Å². The zero-order chi connectivity index (χ0) is 12.0. The zero-order valence-electron chi connectivity index (χ0n) is 10.4. The number of carbonyl (C=O) groups is 1. The van der Waals surface area contributed by atoms with Crippen molar-refractivity contribution < 1.29 is 9.90 Å². The van der Waals surface area contributed by atoms with E-state index in [1.54, 1.807) is 0 Å². The summed E-state index contributed by atoms with van der Waals surface area (Å²) in [6, 6.07) is -0.166. The van der Waals surface area contributed by atoms with Crippen LogP contribution in [0.5, 0.6) is 0 Å². The monoisotopic (exact) mass is 228 g/mol. The van der Waals surface area contributed by atoms with Gasteiger partial charge < -0.3 is 15.7 Å². The van der Waals surface area contributed by atoms with Gasteiger partial charge in [-0.05, 0) is 26.2 Å². The Bertz CT molecular complexity index is 227. The van der Waals surface area contributed by atoms with Gasteiger partial charge >= 0.3 is 0 Å². The van der Waals surface area contributed by atoms with E-state index in [1.807, 2.05) is 6.92 Å². The molecule has 0 aromatic carbocycles. The summed E-state index contributed by atoms with van der Waals surface area (Å²) in [5.41, 5.74) is 0.0674. The van der Waals surface area contributed by atoms with Crippen LogP contribution in [-0.4, -0.2) is 36.8 Å². The van der Waals surface area contributed by atoms with Crippen molar-refractivity contribution >= 4 is 5.91 Å². The van der Waals surface area contributed by atoms with E-state index >= 15 is 0 Å². The van der Waals surface area contributed by atoms with E-state index < -0.39 is 0 Å². The van der Waals surface area contributed by atoms with Crippen LogP contribution in [0.4, 0.5) is 0 Å². The standard InChI is InChI=1S/C12H24N2O2/c1-3-4-7-13-11(16)10(2)14-8-12(9-15)5-6-12/h10,14-15H,3-9H2,1-2H3,(H,13,16). The third-order valence-corrected chi connectivity index (χ3v) is 3.30. The Morgan fingerprint density at radius 3 is 2.69 bits per heavy atom. The number of rotatable bonds is 8. The summed E-state index contributed by atoms with van der Waals surface area (Å²) in [7, 11) is 0. The Morgan fingerprint density at radius 2 is 2.19 bits per heavy atom. The summed E-state index contributed by atoms with van der Waals surface area (Å²) in [5.74, 6) is 0.0576. The van der Waals surface area contributed by atoms with Gasteiger partial charge in [0.25, 0.3) is 0 Å². The molecule has 0 bridgehead atoms. The van der Waals surface area contributed by atoms with Crippen LogP contribution in [0.1, 0.15) is 39.5 Å². The first kappa shape index (κ1) is 13.5. The summed E-state index contributed by atoms with van der Waals surface area (Å²) in [5, 5.41) is 15.2. The highest BCUT2D eigenvalue weighted by Gasteiger charge is 2.41. The fourth-order valence-electron chi connectivity index (χ4n) is 1.57. The molecule has 94 valence electrons. The molecule has 1 aliphatic carbocycles. The number of unbranched alkanes of at least 4 members (excludes halogenated alkanes) is 1. The molecule has 4 heteroatoms. The lowest BCUT2D eigenvalue weighted by molar-refractivity contribution is -0.122. The Hall–Kier alpha value is -0.610. The number of hydrogen-bond acceptors (Lipinski definition) is 3. The maximum absolute atomic E-state index is 11.6. The van der Waals surface area contributed by atoms with Crippen molar-refractivity contribution in [2.24, 2.45) is 5.41 Å². The van der Waals surface area contributed by atoms with Gasteiger partial charge in [-0.2, -0.15) is 0 Å². The van der Waals surface area contributed by atoms with Gasteiger partial charge in [-0.3, -0.25) is 4.79 Å². The van der Waals surface area contributed by atoms with Crippen LogP contribution in [0.3, 0.4) is 0 Å². The third-order valence-electron chi connectivity index (χ3n) is 3.30. The van der Waals surface area contributed by atoms with Crippen LogP contribution < -0.4 is 10.6 Å². The molecule has 1 amide bonds. The number of carbonyl (C=O) groups excluding carboxylic acids is 1. The first-order valence-electron chi connectivity index (χ1n) is 6.25. The number of aliphatic hydroxyl groups is 1. The van der Waals surface area contributed by atoms with Gasteiger partial charge in [0.05, 0.1) is 6.04 Å². The molecule has 3 N–H and O–H groups in total. The van der Waals surface area contributed by atoms with Crippen LogP contribution in [0, 0.1) is 5.41 Å². The highest BCUT2D eigenvalue weighted by atomic mass is 16.3. The van der Waals surface area contributed by atoms with E-state index in [1.165, 1.54) is 0 Å². The largest absolute Gasteiger partial charge is 0.396 e. The first-order chi connectivity index (χ1) is 7.63. The summed E-state index contributed by atoms with van der Waals surface area (Å²) in [6.45, 7) is 5.70. The Kier molecular flexibility index (Phi) is 5.22. The molecule has 1 saturated carbocycles. The molecule has 0 saturated heterocycles. The van der Waals surface area contributed by atoms with E-state index in [-0.39, 0.29) is 24.0 Å². The van der Waals surface area contributed by atoms with Crippen LogP contribution >= 0.6 is 0 Å². The second kappa shape index (κ2) is 6.21. The maximum atomic E-state index is 11.6. The molecule has 0 heterocycles. The molecule has 1 atom stereocenters. The molecule has 1 fully saturated rings. The Morgan fingerprint density at radius 1 is 1.50 bits per heavy atom. The second-order valence-corrected chi connectivity index (χ2v) is 4.91. The normalized spacial score (nSPS) is 19.2. The second-order valence-electron chi connectivity index (χ2n) is 4.91. The van der Waals surface area contributed by atoms with Gasteiger partial charge in [-0.15, -0.1) is 0 Å². The summed E-state index contributed by atoms with van der Waals surface area (Å²) in [6.07, 6.45) is 4.26. The van der Waals surface area contributed by atoms with Crippen LogP contribution in [0.15, 0.2) is 0 Å². The van der Waals surface area contributed by atoms with Crippen molar-refractivity contribution in [2.45, 2.75) is 45.6 Å². The molecule has 1 rings (SSSR count). The molecule has 0 aliphatic heterocycles. The molecule has 1 aliphatic rings. The van der Waals surface area contributed by atoms with Crippen molar-refractivity contribution in [1.29, 1.82) is 0 Å². The number of amides is 1. The molecule has 0 radical (unpaired) electrons. The van der Waals surface area contributed by atoms with Gasteiger partial charge in [0, 0.05) is 25.1 Å². The molecule has 0 aromatic rings. The Balaban J connectivity index is 2.13. The smallest absolute Gasteiger partial charge is 0.236 e. The van der Waals surface area contributed by atoms with E-state index in [2.05, 4.69) is 17.6 Å². The lowest BCUT2D eigenvalue weighted by Gasteiger charge is -2.18. The topological polar surface area (TPSA) is 61.4 Å². The van der Waals surface area contributed by atoms with Gasteiger partial charge in [0.2, 0.25) is 5.91 Å². The fraction of sp³-hybridized carbons (Fsp3) is 0.917. The molecular weight excluding hydrogens is 204 g/mol. The third kappa shape index (κ3) is 4.10. The minimum absolute atomic E-state index is 0.0576. The molecule has 16 heavy (non-hydrogen) atoms. The van der Waals surface area contributed by atoms with Crippen molar-refractivity contribution in [2.75, 3.05) is 19.7 Å². The zero-order valence-corrected chi connectivity index (χ0v) is 10.4. The highest BCUT2D eigenvalue weighted by molar-refractivity contribution is 5.81. The summed E-state index contributed by atoms with van der Waals surface area (Å²) in [4.78, 5) is 11.6. The average molecular weight is 228 g/mol. The van der Waals surface area contributed by atoms with Crippen molar-refractivity contribution in [3.63, 3.8) is 0 Å². The first-order valence-corrected chi connectivity index (χ1v) is 6.25. The summed E-state index contributed by atoms with van der Waals surface area (Å²) >= 11 is 0. The highest BCUT2D eigenvalue weighted by Crippen LogP contribution is 2.44. The maximum Gasteiger partial charge on any atom is 0.236 e. The Labute approximate surface area is 97.8 Å². The predicted octanol–water partition coefficient (Wildman–Crippen LogP) is 0.653. The molecule has 0 aromatic heterocycles. The van der Waals surface area contributed by atoms with E-state index in [4.69, 9.17) is 5.11 Å².